The summed E-state index contributed by atoms with van der Waals surface area (Å²) < 4.78 is 30.4. The van der Waals surface area contributed by atoms with Crippen molar-refractivity contribution in [1.82, 2.24) is 4.98 Å². The van der Waals surface area contributed by atoms with E-state index in [4.69, 9.17) is 4.74 Å². The molecule has 0 aliphatic heterocycles. The van der Waals surface area contributed by atoms with Gasteiger partial charge in [-0.25, -0.2) is 13.8 Å². The van der Waals surface area contributed by atoms with E-state index in [0.29, 0.717) is 15.4 Å². The number of methoxy groups -OCH3 is 1. The van der Waals surface area contributed by atoms with Crippen LogP contribution in [0.25, 0.3) is 0 Å². The van der Waals surface area contributed by atoms with E-state index in [9.17, 15) is 8.78 Å². The van der Waals surface area contributed by atoms with E-state index in [1.54, 1.807) is 6.07 Å². The van der Waals surface area contributed by atoms with Crippen LogP contribution < -0.4 is 4.74 Å². The summed E-state index contributed by atoms with van der Waals surface area (Å²) >= 11 is 6.30. The van der Waals surface area contributed by atoms with Gasteiger partial charge in [-0.15, -0.1) is 0 Å². The minimum absolute atomic E-state index is 0.171. The first kappa shape index (κ1) is 11.8. The Morgan fingerprint density at radius 3 is 2.64 bits per heavy atom. The Balaban J connectivity index is 3.25. The van der Waals surface area contributed by atoms with Crippen molar-refractivity contribution in [2.75, 3.05) is 7.11 Å². The van der Waals surface area contributed by atoms with E-state index < -0.39 is 6.43 Å². The van der Waals surface area contributed by atoms with Crippen LogP contribution in [0, 0.1) is 0 Å². The monoisotopic (exact) mass is 329 g/mol. The van der Waals surface area contributed by atoms with Crippen LogP contribution in [0.2, 0.25) is 0 Å². The number of rotatable bonds is 3. The minimum atomic E-state index is -2.59. The number of alkyl halides is 3. The molecule has 0 N–H and O–H groups in total. The lowest BCUT2D eigenvalue weighted by molar-refractivity contribution is 0.144. The molecule has 1 rings (SSSR count). The highest BCUT2D eigenvalue weighted by atomic mass is 79.9. The van der Waals surface area contributed by atoms with E-state index in [1.807, 2.05) is 0 Å². The van der Waals surface area contributed by atoms with Crippen LogP contribution in [0.15, 0.2) is 10.5 Å². The smallest absolute Gasteiger partial charge is 0.280 e. The average Bonchev–Trinajstić information content (AvgIpc) is 2.16. The Morgan fingerprint density at radius 1 is 1.57 bits per heavy atom. The summed E-state index contributed by atoms with van der Waals surface area (Å²) in [6.07, 6.45) is -2.59. The second kappa shape index (κ2) is 5.02. The molecule has 0 spiro atoms. The lowest BCUT2D eigenvalue weighted by atomic mass is 10.2. The van der Waals surface area contributed by atoms with Crippen LogP contribution in [0.3, 0.4) is 0 Å². The average molecular weight is 331 g/mol. The maximum absolute atomic E-state index is 12.5. The molecule has 0 aromatic carbocycles. The van der Waals surface area contributed by atoms with Gasteiger partial charge in [-0.3, -0.25) is 0 Å². The molecule has 0 radical (unpaired) electrons. The molecule has 1 aromatic rings. The van der Waals surface area contributed by atoms with Gasteiger partial charge in [0.25, 0.3) is 6.43 Å². The zero-order valence-electron chi connectivity index (χ0n) is 7.23. The van der Waals surface area contributed by atoms with Gasteiger partial charge >= 0.3 is 0 Å². The summed E-state index contributed by atoms with van der Waals surface area (Å²) in [5, 5.41) is 0.336. The molecule has 0 saturated heterocycles. The van der Waals surface area contributed by atoms with Gasteiger partial charge in [-0.2, -0.15) is 0 Å². The fourth-order valence-corrected chi connectivity index (χ4v) is 1.94. The van der Waals surface area contributed by atoms with Gasteiger partial charge in [-0.05, 0) is 27.6 Å². The lowest BCUT2D eigenvalue weighted by Crippen LogP contribution is -2.00. The fourth-order valence-electron chi connectivity index (χ4n) is 0.962. The van der Waals surface area contributed by atoms with Gasteiger partial charge in [0.05, 0.1) is 11.6 Å². The Labute approximate surface area is 96.9 Å². The van der Waals surface area contributed by atoms with Crippen LogP contribution in [-0.4, -0.2) is 12.1 Å². The molecule has 14 heavy (non-hydrogen) atoms. The van der Waals surface area contributed by atoms with E-state index in [1.165, 1.54) is 7.11 Å². The molecular formula is C8H7Br2F2NO. The third kappa shape index (κ3) is 2.42. The summed E-state index contributed by atoms with van der Waals surface area (Å²) in [4.78, 5) is 3.71. The molecule has 0 amide bonds. The highest BCUT2D eigenvalue weighted by Gasteiger charge is 2.17. The minimum Gasteiger partial charge on any atom is -0.480 e. The number of aromatic nitrogens is 1. The number of hydrogen-bond acceptors (Lipinski definition) is 2. The molecule has 6 heteroatoms. The number of hydrogen-bond donors (Lipinski definition) is 0. The first-order chi connectivity index (χ1) is 6.60. The number of ether oxygens (including phenoxy) is 1. The third-order valence-electron chi connectivity index (χ3n) is 1.60. The maximum atomic E-state index is 12.5. The van der Waals surface area contributed by atoms with Crippen molar-refractivity contribution in [3.8, 4) is 5.88 Å². The largest absolute Gasteiger partial charge is 0.480 e. The normalized spacial score (nSPS) is 10.7. The molecule has 1 aromatic heterocycles. The molecular weight excluding hydrogens is 324 g/mol. The SMILES string of the molecule is COc1nc(C(F)F)c(CBr)cc1Br. The topological polar surface area (TPSA) is 22.1 Å². The molecule has 0 fully saturated rings. The van der Waals surface area contributed by atoms with Crippen molar-refractivity contribution in [2.45, 2.75) is 11.8 Å². The molecule has 0 saturated carbocycles. The Morgan fingerprint density at radius 2 is 2.21 bits per heavy atom. The standard InChI is InChI=1S/C8H7Br2F2NO/c1-14-8-5(10)2-4(3-9)6(13-8)7(11)12/h2,7H,3H2,1H3. The van der Waals surface area contributed by atoms with Crippen LogP contribution in [0.5, 0.6) is 5.88 Å². The van der Waals surface area contributed by atoms with Crippen LogP contribution in [0.1, 0.15) is 17.7 Å². The second-order valence-electron chi connectivity index (χ2n) is 2.46. The van der Waals surface area contributed by atoms with Crippen LogP contribution in [0.4, 0.5) is 8.78 Å². The molecule has 78 valence electrons. The van der Waals surface area contributed by atoms with E-state index in [0.717, 1.165) is 0 Å². The lowest BCUT2D eigenvalue weighted by Gasteiger charge is -2.09. The van der Waals surface area contributed by atoms with Gasteiger partial charge < -0.3 is 4.74 Å². The van der Waals surface area contributed by atoms with E-state index in [2.05, 4.69) is 36.8 Å². The third-order valence-corrected chi connectivity index (χ3v) is 2.77. The van der Waals surface area contributed by atoms with Crippen molar-refractivity contribution in [1.29, 1.82) is 0 Å². The summed E-state index contributed by atoms with van der Waals surface area (Å²) in [5.41, 5.74) is 0.203. The van der Waals surface area contributed by atoms with Gasteiger partial charge in [-0.1, -0.05) is 15.9 Å². The maximum Gasteiger partial charge on any atom is 0.280 e. The van der Waals surface area contributed by atoms with Crippen molar-refractivity contribution < 1.29 is 13.5 Å². The second-order valence-corrected chi connectivity index (χ2v) is 3.87. The van der Waals surface area contributed by atoms with Crippen LogP contribution >= 0.6 is 31.9 Å². The van der Waals surface area contributed by atoms with Gasteiger partial charge in [0.15, 0.2) is 0 Å². The Kier molecular flexibility index (Phi) is 4.25. The van der Waals surface area contributed by atoms with Crippen molar-refractivity contribution in [3.05, 3.63) is 21.8 Å². The summed E-state index contributed by atoms with van der Waals surface area (Å²) in [5.74, 6) is 0.171. The molecule has 0 atom stereocenters. The number of pyridine rings is 1. The first-order valence-corrected chi connectivity index (χ1v) is 5.59. The van der Waals surface area contributed by atoms with Crippen molar-refractivity contribution in [3.63, 3.8) is 0 Å². The molecule has 0 aliphatic rings. The molecule has 0 unspecified atom stereocenters. The first-order valence-electron chi connectivity index (χ1n) is 3.67. The quantitative estimate of drug-likeness (QED) is 0.789. The van der Waals surface area contributed by atoms with Crippen molar-refractivity contribution in [2.24, 2.45) is 0 Å². The number of nitrogens with zero attached hydrogens (tertiary/aromatic N) is 1. The summed E-state index contributed by atoms with van der Waals surface area (Å²) in [6.45, 7) is 0. The Hall–Kier alpha value is -0.230. The summed E-state index contributed by atoms with van der Waals surface area (Å²) in [7, 11) is 1.39. The fraction of sp³-hybridized carbons (Fsp3) is 0.375. The van der Waals surface area contributed by atoms with Gasteiger partial charge in [0.1, 0.15) is 5.69 Å². The van der Waals surface area contributed by atoms with Crippen LogP contribution in [-0.2, 0) is 5.33 Å². The zero-order valence-corrected chi connectivity index (χ0v) is 10.4. The predicted molar refractivity (Wildman–Crippen MR) is 56.1 cm³/mol. The van der Waals surface area contributed by atoms with Crippen molar-refractivity contribution >= 4 is 31.9 Å². The molecule has 2 nitrogen and oxygen atoms in total. The summed E-state index contributed by atoms with van der Waals surface area (Å²) in [6, 6.07) is 1.57. The highest BCUT2D eigenvalue weighted by molar-refractivity contribution is 9.10. The molecule has 0 bridgehead atoms. The molecule has 0 aliphatic carbocycles. The predicted octanol–water partition coefficient (Wildman–Crippen LogP) is 3.69. The van der Waals surface area contributed by atoms with Gasteiger partial charge in [0.2, 0.25) is 5.88 Å². The zero-order chi connectivity index (χ0) is 10.7. The number of halogens is 4. The highest BCUT2D eigenvalue weighted by Crippen LogP contribution is 2.30. The van der Waals surface area contributed by atoms with Gasteiger partial charge in [0, 0.05) is 5.33 Å². The van der Waals surface area contributed by atoms with E-state index >= 15 is 0 Å². The Bertz CT molecular complexity index is 333. The molecule has 1 heterocycles. The van der Waals surface area contributed by atoms with E-state index in [-0.39, 0.29) is 11.6 Å².